The smallest absolute Gasteiger partial charge is 0.243 e. The summed E-state index contributed by atoms with van der Waals surface area (Å²) in [5, 5.41) is 22.7. The van der Waals surface area contributed by atoms with Gasteiger partial charge in [0.25, 0.3) is 0 Å². The molecule has 5 rings (SSSR count). The fourth-order valence-electron chi connectivity index (χ4n) is 5.12. The van der Waals surface area contributed by atoms with Crippen LogP contribution in [0, 0.1) is 17.2 Å². The molecule has 2 heterocycles. The third kappa shape index (κ3) is 3.72. The van der Waals surface area contributed by atoms with Gasteiger partial charge in [0, 0.05) is 18.2 Å². The Morgan fingerprint density at radius 1 is 1.12 bits per heavy atom. The van der Waals surface area contributed by atoms with Crippen molar-refractivity contribution in [2.75, 3.05) is 25.6 Å². The van der Waals surface area contributed by atoms with Crippen LogP contribution in [0.25, 0.3) is 11.1 Å². The first-order valence-electron chi connectivity index (χ1n) is 11.1. The monoisotopic (exact) mass is 475 g/mol. The van der Waals surface area contributed by atoms with E-state index in [0.717, 1.165) is 22.4 Å². The van der Waals surface area contributed by atoms with E-state index in [2.05, 4.69) is 11.4 Å². The van der Waals surface area contributed by atoms with Crippen molar-refractivity contribution in [3.63, 3.8) is 0 Å². The average Bonchev–Trinajstić information content (AvgIpc) is 3.34. The number of benzene rings is 3. The van der Waals surface area contributed by atoms with Crippen molar-refractivity contribution in [3.05, 3.63) is 77.9 Å². The van der Waals surface area contributed by atoms with Gasteiger partial charge >= 0.3 is 0 Å². The first kappa shape index (κ1) is 22.4. The van der Waals surface area contributed by atoms with Gasteiger partial charge in [-0.05, 0) is 71.6 Å². The summed E-state index contributed by atoms with van der Waals surface area (Å²) < 4.78 is 34.1. The number of methoxy groups -OCH3 is 1. The fourth-order valence-corrected chi connectivity index (χ4v) is 6.79. The molecule has 2 N–H and O–H groups in total. The summed E-state index contributed by atoms with van der Waals surface area (Å²) in [6.07, 6.45) is 0.645. The van der Waals surface area contributed by atoms with Crippen LogP contribution in [0.5, 0.6) is 5.75 Å². The van der Waals surface area contributed by atoms with E-state index >= 15 is 0 Å². The van der Waals surface area contributed by atoms with E-state index in [0.29, 0.717) is 24.3 Å². The average molecular weight is 476 g/mol. The molecule has 3 atom stereocenters. The molecule has 0 aromatic heterocycles. The maximum atomic E-state index is 13.7. The minimum absolute atomic E-state index is 0.0637. The maximum Gasteiger partial charge on any atom is 0.243 e. The maximum absolute atomic E-state index is 13.7. The minimum atomic E-state index is -3.77. The zero-order valence-corrected chi connectivity index (χ0v) is 19.5. The van der Waals surface area contributed by atoms with Gasteiger partial charge < -0.3 is 15.2 Å². The van der Waals surface area contributed by atoms with Gasteiger partial charge in [-0.25, -0.2) is 8.42 Å². The molecule has 0 amide bonds. The molecule has 1 saturated heterocycles. The summed E-state index contributed by atoms with van der Waals surface area (Å²) in [6.45, 7) is 0.290. The Morgan fingerprint density at radius 3 is 2.59 bits per heavy atom. The van der Waals surface area contributed by atoms with Crippen LogP contribution in [0.3, 0.4) is 0 Å². The van der Waals surface area contributed by atoms with Crippen molar-refractivity contribution in [2.24, 2.45) is 5.92 Å². The molecule has 174 valence electrons. The number of fused-ring (bicyclic) bond motifs is 3. The zero-order valence-electron chi connectivity index (χ0n) is 18.7. The van der Waals surface area contributed by atoms with Crippen molar-refractivity contribution in [2.45, 2.75) is 23.4 Å². The van der Waals surface area contributed by atoms with Crippen LogP contribution in [-0.4, -0.2) is 44.1 Å². The predicted molar refractivity (Wildman–Crippen MR) is 129 cm³/mol. The molecule has 2 aliphatic heterocycles. The van der Waals surface area contributed by atoms with Crippen molar-refractivity contribution in [1.82, 2.24) is 4.31 Å². The number of rotatable bonds is 5. The Labute approximate surface area is 199 Å². The zero-order chi connectivity index (χ0) is 23.9. The van der Waals surface area contributed by atoms with Crippen LogP contribution in [-0.2, 0) is 10.0 Å². The van der Waals surface area contributed by atoms with E-state index in [1.165, 1.54) is 0 Å². The van der Waals surface area contributed by atoms with Crippen molar-refractivity contribution < 1.29 is 18.3 Å². The normalized spacial score (nSPS) is 21.7. The molecule has 0 bridgehead atoms. The molecule has 0 spiro atoms. The Hall–Kier alpha value is -3.38. The van der Waals surface area contributed by atoms with E-state index in [9.17, 15) is 18.8 Å². The molecule has 8 heteroatoms. The van der Waals surface area contributed by atoms with Gasteiger partial charge in [0.05, 0.1) is 42.3 Å². The number of hydrogen-bond donors (Lipinski definition) is 2. The second-order valence-electron chi connectivity index (χ2n) is 8.62. The van der Waals surface area contributed by atoms with E-state index in [4.69, 9.17) is 4.74 Å². The summed E-state index contributed by atoms with van der Waals surface area (Å²) in [6, 6.07) is 21.2. The molecule has 3 aromatic rings. The molecule has 0 saturated carbocycles. The van der Waals surface area contributed by atoms with Crippen LogP contribution in [0.4, 0.5) is 5.69 Å². The van der Waals surface area contributed by atoms with E-state index in [-0.39, 0.29) is 23.5 Å². The summed E-state index contributed by atoms with van der Waals surface area (Å²) in [7, 11) is -2.23. The lowest BCUT2D eigenvalue weighted by molar-refractivity contribution is 0.210. The summed E-state index contributed by atoms with van der Waals surface area (Å²) in [5.41, 5.74) is 4.07. The second-order valence-corrected chi connectivity index (χ2v) is 10.5. The fraction of sp³-hybridized carbons (Fsp3) is 0.269. The van der Waals surface area contributed by atoms with Crippen molar-refractivity contribution in [1.29, 1.82) is 5.26 Å². The number of hydrogen-bond acceptors (Lipinski definition) is 6. The summed E-state index contributed by atoms with van der Waals surface area (Å²) >= 11 is 0. The minimum Gasteiger partial charge on any atom is -0.497 e. The van der Waals surface area contributed by atoms with Crippen LogP contribution in [0.2, 0.25) is 0 Å². The lowest BCUT2D eigenvalue weighted by Gasteiger charge is -2.39. The highest BCUT2D eigenvalue weighted by atomic mass is 32.2. The van der Waals surface area contributed by atoms with Crippen LogP contribution >= 0.6 is 0 Å². The van der Waals surface area contributed by atoms with Gasteiger partial charge in [-0.1, -0.05) is 18.2 Å². The Kier molecular flexibility index (Phi) is 5.78. The first-order valence-corrected chi connectivity index (χ1v) is 12.6. The molecule has 2 aliphatic rings. The summed E-state index contributed by atoms with van der Waals surface area (Å²) in [5.74, 6) is 0.529. The highest BCUT2D eigenvalue weighted by Gasteiger charge is 2.48. The quantitative estimate of drug-likeness (QED) is 0.582. The van der Waals surface area contributed by atoms with E-state index < -0.39 is 16.1 Å². The van der Waals surface area contributed by atoms with Gasteiger partial charge in [0.1, 0.15) is 5.75 Å². The number of nitriles is 1. The molecule has 0 aliphatic carbocycles. The van der Waals surface area contributed by atoms with E-state index in [1.54, 1.807) is 41.7 Å². The number of nitrogens with one attached hydrogen (secondary N) is 1. The largest absolute Gasteiger partial charge is 0.497 e. The van der Waals surface area contributed by atoms with Gasteiger partial charge in [0.15, 0.2) is 0 Å². The molecule has 0 unspecified atom stereocenters. The molecule has 7 nitrogen and oxygen atoms in total. The van der Waals surface area contributed by atoms with Crippen LogP contribution in [0.1, 0.15) is 23.6 Å². The molecule has 34 heavy (non-hydrogen) atoms. The molecule has 1 fully saturated rings. The van der Waals surface area contributed by atoms with Gasteiger partial charge in [0.2, 0.25) is 10.0 Å². The molecular weight excluding hydrogens is 450 g/mol. The lowest BCUT2D eigenvalue weighted by Crippen LogP contribution is -2.42. The third-order valence-electron chi connectivity index (χ3n) is 6.81. The highest BCUT2D eigenvalue weighted by Crippen LogP contribution is 2.49. The third-order valence-corrected chi connectivity index (χ3v) is 8.71. The molecule has 3 aromatic carbocycles. The van der Waals surface area contributed by atoms with Gasteiger partial charge in [-0.3, -0.25) is 0 Å². The molecule has 0 radical (unpaired) electrons. The first-order chi connectivity index (χ1) is 16.5. The second kappa shape index (κ2) is 8.76. The number of anilines is 1. The summed E-state index contributed by atoms with van der Waals surface area (Å²) in [4.78, 5) is 0.215. The van der Waals surface area contributed by atoms with Crippen molar-refractivity contribution in [3.8, 4) is 22.9 Å². The van der Waals surface area contributed by atoms with Crippen molar-refractivity contribution >= 4 is 15.7 Å². The SMILES string of the molecule is COc1ccc(S(=O)(=O)N2CC[C@@H]3[C@@H](CO)Nc4ccc(-c5cccc(C#N)c5)cc4[C@@H]32)cc1. The number of nitrogens with zero attached hydrogens (tertiary/aromatic N) is 2. The number of aliphatic hydroxyl groups is 1. The molecular formula is C26H25N3O4S. The number of sulfonamides is 1. The Bertz CT molecular complexity index is 1370. The van der Waals surface area contributed by atoms with E-state index in [1.807, 2.05) is 36.4 Å². The Balaban J connectivity index is 1.59. The number of ether oxygens (including phenoxy) is 1. The Morgan fingerprint density at radius 2 is 1.88 bits per heavy atom. The standard InChI is InChI=1S/C26H25N3O4S/c1-33-20-6-8-21(9-7-20)34(31,32)29-12-11-22-25(16-30)28-24-10-5-19(14-23(24)26(22)29)18-4-2-3-17(13-18)15-27/h2-10,13-14,22,25-26,28,30H,11-12,16H2,1H3/t22-,25-,26-/m1/s1. The topological polar surface area (TPSA) is 103 Å². The number of aliphatic hydroxyl groups excluding tert-OH is 1. The van der Waals surface area contributed by atoms with Gasteiger partial charge in [-0.15, -0.1) is 0 Å². The lowest BCUT2D eigenvalue weighted by atomic mass is 9.82. The van der Waals surface area contributed by atoms with Crippen LogP contribution in [0.15, 0.2) is 71.6 Å². The highest BCUT2D eigenvalue weighted by molar-refractivity contribution is 7.89. The van der Waals surface area contributed by atoms with Crippen LogP contribution < -0.4 is 10.1 Å². The van der Waals surface area contributed by atoms with Gasteiger partial charge in [-0.2, -0.15) is 9.57 Å². The predicted octanol–water partition coefficient (Wildman–Crippen LogP) is 3.77.